The first-order valence-electron chi connectivity index (χ1n) is 6.33. The molecule has 0 amide bonds. The van der Waals surface area contributed by atoms with E-state index in [0.717, 1.165) is 5.56 Å². The molecule has 19 heavy (non-hydrogen) atoms. The Hall–Kier alpha value is -1.96. The highest BCUT2D eigenvalue weighted by molar-refractivity contribution is 5.97. The molecule has 0 N–H and O–H groups in total. The van der Waals surface area contributed by atoms with E-state index in [1.54, 1.807) is 19.1 Å². The van der Waals surface area contributed by atoms with Crippen LogP contribution in [-0.2, 0) is 6.42 Å². The monoisotopic (exact) mass is 256 g/mol. The van der Waals surface area contributed by atoms with Gasteiger partial charge in [0.05, 0.1) is 0 Å². The minimum Gasteiger partial charge on any atom is -0.294 e. The molecule has 0 radical (unpaired) electrons. The van der Waals surface area contributed by atoms with E-state index in [-0.39, 0.29) is 11.6 Å². The number of hydrogen-bond donors (Lipinski definition) is 0. The minimum absolute atomic E-state index is 0.0198. The first-order valence-corrected chi connectivity index (χ1v) is 6.33. The highest BCUT2D eigenvalue weighted by Crippen LogP contribution is 2.15. The number of aryl methyl sites for hydroxylation is 3. The van der Waals surface area contributed by atoms with Crippen LogP contribution < -0.4 is 0 Å². The molecule has 2 heteroatoms. The van der Waals surface area contributed by atoms with Gasteiger partial charge in [0.2, 0.25) is 0 Å². The first-order chi connectivity index (χ1) is 8.97. The van der Waals surface area contributed by atoms with E-state index in [2.05, 4.69) is 0 Å². The Kier molecular flexibility index (Phi) is 3.79. The topological polar surface area (TPSA) is 17.1 Å². The third-order valence-electron chi connectivity index (χ3n) is 3.42. The zero-order valence-electron chi connectivity index (χ0n) is 11.5. The van der Waals surface area contributed by atoms with Gasteiger partial charge >= 0.3 is 0 Å². The Morgan fingerprint density at radius 3 is 2.32 bits per heavy atom. The Morgan fingerprint density at radius 2 is 1.68 bits per heavy atom. The highest BCUT2D eigenvalue weighted by atomic mass is 19.1. The number of Topliss-reactive ketones (excluding diaryl/α,β-unsaturated/α-hetero) is 1. The molecule has 0 heterocycles. The van der Waals surface area contributed by atoms with Crippen LogP contribution >= 0.6 is 0 Å². The average molecular weight is 256 g/mol. The summed E-state index contributed by atoms with van der Waals surface area (Å²) in [5.41, 5.74) is 4.47. The van der Waals surface area contributed by atoms with Crippen LogP contribution in [0.5, 0.6) is 0 Å². The second kappa shape index (κ2) is 5.35. The first kappa shape index (κ1) is 13.5. The van der Waals surface area contributed by atoms with Gasteiger partial charge in [-0.25, -0.2) is 4.39 Å². The van der Waals surface area contributed by atoms with Gasteiger partial charge in [0, 0.05) is 12.0 Å². The van der Waals surface area contributed by atoms with Crippen LogP contribution in [0.15, 0.2) is 36.4 Å². The Morgan fingerprint density at radius 1 is 0.947 bits per heavy atom. The van der Waals surface area contributed by atoms with Gasteiger partial charge in [-0.05, 0) is 61.2 Å². The maximum atomic E-state index is 13.2. The van der Waals surface area contributed by atoms with Crippen LogP contribution in [0.25, 0.3) is 0 Å². The molecule has 0 saturated heterocycles. The van der Waals surface area contributed by atoms with E-state index in [1.807, 2.05) is 32.0 Å². The Bertz CT molecular complexity index is 629. The molecule has 0 spiro atoms. The SMILES string of the molecule is Cc1ccc(CC(=O)c2ccc(F)c(C)c2)cc1C. The van der Waals surface area contributed by atoms with Gasteiger partial charge in [0.25, 0.3) is 0 Å². The number of halogens is 1. The third-order valence-corrected chi connectivity index (χ3v) is 3.42. The van der Waals surface area contributed by atoms with Gasteiger partial charge in [-0.2, -0.15) is 0 Å². The molecule has 1 nitrogen and oxygen atoms in total. The molecule has 98 valence electrons. The van der Waals surface area contributed by atoms with Crippen molar-refractivity contribution < 1.29 is 9.18 Å². The minimum atomic E-state index is -0.275. The largest absolute Gasteiger partial charge is 0.294 e. The van der Waals surface area contributed by atoms with Gasteiger partial charge in [-0.3, -0.25) is 4.79 Å². The normalized spacial score (nSPS) is 10.5. The van der Waals surface area contributed by atoms with Crippen molar-refractivity contribution in [1.29, 1.82) is 0 Å². The number of carbonyl (C=O) groups excluding carboxylic acids is 1. The Labute approximate surface area is 113 Å². The summed E-state index contributed by atoms with van der Waals surface area (Å²) in [6.07, 6.45) is 0.353. The van der Waals surface area contributed by atoms with Gasteiger partial charge in [-0.15, -0.1) is 0 Å². The van der Waals surface area contributed by atoms with Crippen molar-refractivity contribution in [2.45, 2.75) is 27.2 Å². The zero-order valence-corrected chi connectivity index (χ0v) is 11.5. The molecule has 0 unspecified atom stereocenters. The van der Waals surface area contributed by atoms with Gasteiger partial charge in [0.15, 0.2) is 5.78 Å². The van der Waals surface area contributed by atoms with Gasteiger partial charge in [0.1, 0.15) is 5.82 Å². The van der Waals surface area contributed by atoms with Crippen molar-refractivity contribution in [2.75, 3.05) is 0 Å². The van der Waals surface area contributed by atoms with Crippen molar-refractivity contribution in [1.82, 2.24) is 0 Å². The quantitative estimate of drug-likeness (QED) is 0.753. The fraction of sp³-hybridized carbons (Fsp3) is 0.235. The predicted octanol–water partition coefficient (Wildman–Crippen LogP) is 4.18. The average Bonchev–Trinajstić information content (AvgIpc) is 2.37. The summed E-state index contributed by atoms with van der Waals surface area (Å²) in [5.74, 6) is -0.255. The van der Waals surface area contributed by atoms with E-state index in [0.29, 0.717) is 17.5 Å². The highest BCUT2D eigenvalue weighted by Gasteiger charge is 2.09. The lowest BCUT2D eigenvalue weighted by Gasteiger charge is -2.06. The number of benzene rings is 2. The fourth-order valence-corrected chi connectivity index (χ4v) is 2.02. The summed E-state index contributed by atoms with van der Waals surface area (Å²) in [4.78, 5) is 12.2. The molecule has 0 fully saturated rings. The van der Waals surface area contributed by atoms with Crippen LogP contribution in [0, 0.1) is 26.6 Å². The molecular weight excluding hydrogens is 239 g/mol. The summed E-state index contributed by atoms with van der Waals surface area (Å²) in [5, 5.41) is 0. The van der Waals surface area contributed by atoms with E-state index < -0.39 is 0 Å². The molecule has 2 aromatic carbocycles. The molecule has 0 bridgehead atoms. The lowest BCUT2D eigenvalue weighted by Crippen LogP contribution is -2.04. The summed E-state index contributed by atoms with van der Waals surface area (Å²) in [6, 6.07) is 10.5. The maximum absolute atomic E-state index is 13.2. The van der Waals surface area contributed by atoms with E-state index >= 15 is 0 Å². The Balaban J connectivity index is 2.20. The zero-order chi connectivity index (χ0) is 14.0. The van der Waals surface area contributed by atoms with Crippen molar-refractivity contribution >= 4 is 5.78 Å². The van der Waals surface area contributed by atoms with Crippen molar-refractivity contribution in [3.05, 3.63) is 70.0 Å². The molecule has 0 saturated carbocycles. The smallest absolute Gasteiger partial charge is 0.167 e. The van der Waals surface area contributed by atoms with E-state index in [4.69, 9.17) is 0 Å². The van der Waals surface area contributed by atoms with Crippen molar-refractivity contribution in [2.24, 2.45) is 0 Å². The molecule has 2 rings (SSSR count). The molecule has 0 aromatic heterocycles. The number of carbonyl (C=O) groups is 1. The number of hydrogen-bond acceptors (Lipinski definition) is 1. The van der Waals surface area contributed by atoms with Crippen LogP contribution in [-0.4, -0.2) is 5.78 Å². The molecule has 0 atom stereocenters. The second-order valence-electron chi connectivity index (χ2n) is 4.98. The molecule has 2 aromatic rings. The van der Waals surface area contributed by atoms with Crippen LogP contribution in [0.3, 0.4) is 0 Å². The summed E-state index contributed by atoms with van der Waals surface area (Å²) >= 11 is 0. The predicted molar refractivity (Wildman–Crippen MR) is 75.1 cm³/mol. The molecule has 0 aliphatic rings. The molecular formula is C17H17FO. The van der Waals surface area contributed by atoms with Crippen molar-refractivity contribution in [3.8, 4) is 0 Å². The lowest BCUT2D eigenvalue weighted by atomic mass is 9.99. The van der Waals surface area contributed by atoms with Crippen LogP contribution in [0.4, 0.5) is 4.39 Å². The lowest BCUT2D eigenvalue weighted by molar-refractivity contribution is 0.0993. The van der Waals surface area contributed by atoms with Crippen molar-refractivity contribution in [3.63, 3.8) is 0 Å². The molecule has 0 aliphatic carbocycles. The van der Waals surface area contributed by atoms with Gasteiger partial charge < -0.3 is 0 Å². The fourth-order valence-electron chi connectivity index (χ4n) is 2.02. The second-order valence-corrected chi connectivity index (χ2v) is 4.98. The number of ketones is 1. The number of rotatable bonds is 3. The summed E-state index contributed by atoms with van der Waals surface area (Å²) in [7, 11) is 0. The van der Waals surface area contributed by atoms with Crippen LogP contribution in [0.1, 0.15) is 32.6 Å². The van der Waals surface area contributed by atoms with Gasteiger partial charge in [-0.1, -0.05) is 18.2 Å². The third kappa shape index (κ3) is 3.08. The molecule has 0 aliphatic heterocycles. The summed E-state index contributed by atoms with van der Waals surface area (Å²) < 4.78 is 13.2. The summed E-state index contributed by atoms with van der Waals surface area (Å²) in [6.45, 7) is 5.75. The maximum Gasteiger partial charge on any atom is 0.167 e. The van der Waals surface area contributed by atoms with Crippen LogP contribution in [0.2, 0.25) is 0 Å². The van der Waals surface area contributed by atoms with E-state index in [9.17, 15) is 9.18 Å². The standard InChI is InChI=1S/C17H17FO/c1-11-4-5-14(8-12(11)2)10-17(19)15-6-7-16(18)13(3)9-15/h4-9H,10H2,1-3H3. The van der Waals surface area contributed by atoms with E-state index in [1.165, 1.54) is 17.2 Å².